The second kappa shape index (κ2) is 2.97. The molecule has 1 saturated heterocycles. The lowest BCUT2D eigenvalue weighted by atomic mass is 9.77. The van der Waals surface area contributed by atoms with Gasteiger partial charge in [-0.05, 0) is 25.1 Å². The molecule has 2 aliphatic rings. The molecule has 14 heavy (non-hydrogen) atoms. The number of halogens is 1. The standard InChI is InChI=1S/C11H12BrNO/c12-8-1-2-9-10(7-8)14-6-4-11(9)3-5-13-11/h1-2,7,13H,3-6H2/t11-/m0/s1. The van der Waals surface area contributed by atoms with Crippen LogP contribution in [0.2, 0.25) is 0 Å². The summed E-state index contributed by atoms with van der Waals surface area (Å²) in [6, 6.07) is 6.33. The molecule has 2 aliphatic heterocycles. The summed E-state index contributed by atoms with van der Waals surface area (Å²) < 4.78 is 6.76. The van der Waals surface area contributed by atoms with Crippen molar-refractivity contribution in [3.63, 3.8) is 0 Å². The molecule has 3 heteroatoms. The van der Waals surface area contributed by atoms with Gasteiger partial charge < -0.3 is 10.1 Å². The molecule has 0 amide bonds. The van der Waals surface area contributed by atoms with Crippen molar-refractivity contribution in [1.29, 1.82) is 0 Å². The monoisotopic (exact) mass is 253 g/mol. The highest BCUT2D eigenvalue weighted by Gasteiger charge is 2.42. The zero-order valence-electron chi connectivity index (χ0n) is 7.85. The average Bonchev–Trinajstić information content (AvgIpc) is 2.13. The Bertz CT molecular complexity index is 374. The lowest BCUT2D eigenvalue weighted by Crippen LogP contribution is -2.56. The predicted molar refractivity (Wildman–Crippen MR) is 58.6 cm³/mol. The van der Waals surface area contributed by atoms with Crippen LogP contribution in [0.5, 0.6) is 5.75 Å². The minimum Gasteiger partial charge on any atom is -0.493 e. The van der Waals surface area contributed by atoms with Crippen molar-refractivity contribution in [2.45, 2.75) is 18.4 Å². The summed E-state index contributed by atoms with van der Waals surface area (Å²) >= 11 is 3.47. The third kappa shape index (κ3) is 1.12. The van der Waals surface area contributed by atoms with Crippen LogP contribution < -0.4 is 10.1 Å². The van der Waals surface area contributed by atoms with E-state index in [0.29, 0.717) is 0 Å². The van der Waals surface area contributed by atoms with E-state index in [9.17, 15) is 0 Å². The molecule has 1 aromatic rings. The molecule has 2 heterocycles. The van der Waals surface area contributed by atoms with Gasteiger partial charge in [-0.15, -0.1) is 0 Å². The molecule has 1 N–H and O–H groups in total. The van der Waals surface area contributed by atoms with Gasteiger partial charge in [0.05, 0.1) is 12.1 Å². The van der Waals surface area contributed by atoms with Crippen LogP contribution in [-0.4, -0.2) is 13.2 Å². The molecule has 0 aromatic heterocycles. The Morgan fingerprint density at radius 2 is 2.21 bits per heavy atom. The molecule has 74 valence electrons. The second-order valence-electron chi connectivity index (χ2n) is 4.00. The van der Waals surface area contributed by atoms with Crippen LogP contribution in [0.15, 0.2) is 22.7 Å². The first kappa shape index (κ1) is 8.74. The zero-order chi connectivity index (χ0) is 9.60. The molecule has 3 rings (SSSR count). The van der Waals surface area contributed by atoms with Crippen LogP contribution in [0.4, 0.5) is 0 Å². The number of nitrogens with one attached hydrogen (secondary N) is 1. The maximum Gasteiger partial charge on any atom is 0.125 e. The Labute approximate surface area is 91.8 Å². The fourth-order valence-electron chi connectivity index (χ4n) is 2.35. The first-order chi connectivity index (χ1) is 6.80. The molecule has 2 nitrogen and oxygen atoms in total. The molecule has 0 radical (unpaired) electrons. The highest BCUT2D eigenvalue weighted by atomic mass is 79.9. The van der Waals surface area contributed by atoms with Gasteiger partial charge in [0, 0.05) is 16.5 Å². The molecule has 0 bridgehead atoms. The second-order valence-corrected chi connectivity index (χ2v) is 4.91. The van der Waals surface area contributed by atoms with E-state index >= 15 is 0 Å². The Morgan fingerprint density at radius 1 is 1.36 bits per heavy atom. The summed E-state index contributed by atoms with van der Waals surface area (Å²) in [5, 5.41) is 3.54. The van der Waals surface area contributed by atoms with Gasteiger partial charge in [0.15, 0.2) is 0 Å². The van der Waals surface area contributed by atoms with Crippen LogP contribution in [0.1, 0.15) is 18.4 Å². The van der Waals surface area contributed by atoms with E-state index < -0.39 is 0 Å². The zero-order valence-corrected chi connectivity index (χ0v) is 9.43. The number of ether oxygens (including phenoxy) is 1. The van der Waals surface area contributed by atoms with E-state index in [1.165, 1.54) is 12.0 Å². The van der Waals surface area contributed by atoms with E-state index in [-0.39, 0.29) is 5.54 Å². The summed E-state index contributed by atoms with van der Waals surface area (Å²) in [7, 11) is 0. The normalized spacial score (nSPS) is 29.2. The molecule has 1 aromatic carbocycles. The van der Waals surface area contributed by atoms with Gasteiger partial charge in [0.2, 0.25) is 0 Å². The van der Waals surface area contributed by atoms with Crippen molar-refractivity contribution < 1.29 is 4.74 Å². The van der Waals surface area contributed by atoms with Crippen LogP contribution in [-0.2, 0) is 5.54 Å². The predicted octanol–water partition coefficient (Wildman–Crippen LogP) is 2.42. The number of hydrogen-bond acceptors (Lipinski definition) is 2. The summed E-state index contributed by atoms with van der Waals surface area (Å²) in [5.74, 6) is 1.04. The summed E-state index contributed by atoms with van der Waals surface area (Å²) in [6.07, 6.45) is 2.34. The van der Waals surface area contributed by atoms with Gasteiger partial charge in [-0.2, -0.15) is 0 Å². The summed E-state index contributed by atoms with van der Waals surface area (Å²) in [5.41, 5.74) is 1.56. The number of fused-ring (bicyclic) bond motifs is 2. The maximum absolute atomic E-state index is 5.67. The Morgan fingerprint density at radius 3 is 2.93 bits per heavy atom. The van der Waals surface area contributed by atoms with Crippen LogP contribution in [0, 0.1) is 0 Å². The lowest BCUT2D eigenvalue weighted by Gasteiger charge is -2.47. The summed E-state index contributed by atoms with van der Waals surface area (Å²) in [6.45, 7) is 1.96. The van der Waals surface area contributed by atoms with E-state index in [1.807, 2.05) is 0 Å². The van der Waals surface area contributed by atoms with E-state index in [2.05, 4.69) is 39.4 Å². The van der Waals surface area contributed by atoms with E-state index in [1.54, 1.807) is 0 Å². The van der Waals surface area contributed by atoms with Gasteiger partial charge >= 0.3 is 0 Å². The van der Waals surface area contributed by atoms with Gasteiger partial charge in [-0.1, -0.05) is 22.0 Å². The minimum atomic E-state index is 0.230. The Balaban J connectivity index is 2.10. The molecule has 1 spiro atoms. The minimum absolute atomic E-state index is 0.230. The molecular weight excluding hydrogens is 242 g/mol. The SMILES string of the molecule is Brc1ccc2c(c1)OCC[C@@]21CCN1. The smallest absolute Gasteiger partial charge is 0.125 e. The molecular formula is C11H12BrNO. The lowest BCUT2D eigenvalue weighted by molar-refractivity contribution is 0.122. The van der Waals surface area contributed by atoms with Crippen molar-refractivity contribution in [1.82, 2.24) is 5.32 Å². The number of benzene rings is 1. The van der Waals surface area contributed by atoms with E-state index in [0.717, 1.165) is 29.8 Å². The largest absolute Gasteiger partial charge is 0.493 e. The van der Waals surface area contributed by atoms with E-state index in [4.69, 9.17) is 4.74 Å². The van der Waals surface area contributed by atoms with Crippen molar-refractivity contribution in [3.05, 3.63) is 28.2 Å². The molecule has 1 fully saturated rings. The van der Waals surface area contributed by atoms with Gasteiger partial charge in [0.25, 0.3) is 0 Å². The summed E-state index contributed by atoms with van der Waals surface area (Å²) in [4.78, 5) is 0. The first-order valence-corrected chi connectivity index (χ1v) is 5.77. The Hall–Kier alpha value is -0.540. The number of rotatable bonds is 0. The van der Waals surface area contributed by atoms with Crippen molar-refractivity contribution in [2.24, 2.45) is 0 Å². The third-order valence-electron chi connectivity index (χ3n) is 3.26. The van der Waals surface area contributed by atoms with Crippen molar-refractivity contribution in [3.8, 4) is 5.75 Å². The maximum atomic E-state index is 5.67. The first-order valence-electron chi connectivity index (χ1n) is 4.98. The van der Waals surface area contributed by atoms with Crippen molar-refractivity contribution in [2.75, 3.05) is 13.2 Å². The topological polar surface area (TPSA) is 21.3 Å². The number of hydrogen-bond donors (Lipinski definition) is 1. The van der Waals surface area contributed by atoms with Gasteiger partial charge in [-0.3, -0.25) is 0 Å². The highest BCUT2D eigenvalue weighted by Crippen LogP contribution is 2.43. The quantitative estimate of drug-likeness (QED) is 0.767. The molecule has 0 unspecified atom stereocenters. The third-order valence-corrected chi connectivity index (χ3v) is 3.75. The fraction of sp³-hybridized carbons (Fsp3) is 0.455. The van der Waals surface area contributed by atoms with Crippen LogP contribution >= 0.6 is 15.9 Å². The molecule has 1 atom stereocenters. The average molecular weight is 254 g/mol. The van der Waals surface area contributed by atoms with Gasteiger partial charge in [0.1, 0.15) is 5.75 Å². The molecule has 0 aliphatic carbocycles. The van der Waals surface area contributed by atoms with Crippen LogP contribution in [0.3, 0.4) is 0 Å². The Kier molecular flexibility index (Phi) is 1.86. The van der Waals surface area contributed by atoms with Crippen molar-refractivity contribution >= 4 is 15.9 Å². The fourth-order valence-corrected chi connectivity index (χ4v) is 2.69. The van der Waals surface area contributed by atoms with Crippen LogP contribution in [0.25, 0.3) is 0 Å². The molecule has 0 saturated carbocycles. The van der Waals surface area contributed by atoms with Gasteiger partial charge in [-0.25, -0.2) is 0 Å². The highest BCUT2D eigenvalue weighted by molar-refractivity contribution is 9.10.